The molecule has 2 amide bonds. The maximum absolute atomic E-state index is 13.0. The minimum Gasteiger partial charge on any atom is -0.459 e. The van der Waals surface area contributed by atoms with E-state index in [0.29, 0.717) is 13.0 Å². The van der Waals surface area contributed by atoms with Crippen molar-refractivity contribution in [2.45, 2.75) is 32.7 Å². The third-order valence-corrected chi connectivity index (χ3v) is 4.21. The second kappa shape index (κ2) is 6.91. The standard InChI is InChI=1S/C19H22N2O3/c1-13(2)12-15(20-18(22)17-8-5-11-24-17)19(23)21-10-9-14-6-3-4-7-16(14)21/h3-8,11,13,15H,9-10,12H2,1-2H3,(H,20,22)/t15-/m1/s1. The quantitative estimate of drug-likeness (QED) is 0.918. The Labute approximate surface area is 141 Å². The number of rotatable bonds is 5. The summed E-state index contributed by atoms with van der Waals surface area (Å²) in [7, 11) is 0. The predicted octanol–water partition coefficient (Wildman–Crippen LogP) is 3.01. The van der Waals surface area contributed by atoms with Crippen LogP contribution in [0.1, 0.15) is 36.4 Å². The van der Waals surface area contributed by atoms with Crippen molar-refractivity contribution in [3.63, 3.8) is 0 Å². The molecular formula is C19H22N2O3. The van der Waals surface area contributed by atoms with E-state index in [1.54, 1.807) is 17.0 Å². The molecule has 1 aromatic carbocycles. The summed E-state index contributed by atoms with van der Waals surface area (Å²) in [4.78, 5) is 27.1. The molecule has 0 saturated carbocycles. The highest BCUT2D eigenvalue weighted by atomic mass is 16.3. The monoisotopic (exact) mass is 326 g/mol. The number of amides is 2. The normalized spacial score (nSPS) is 14.5. The Hall–Kier alpha value is -2.56. The van der Waals surface area contributed by atoms with Crippen LogP contribution in [0.5, 0.6) is 0 Å². The first kappa shape index (κ1) is 16.3. The molecule has 0 bridgehead atoms. The van der Waals surface area contributed by atoms with Crippen molar-refractivity contribution in [1.29, 1.82) is 0 Å². The molecule has 0 saturated heterocycles. The van der Waals surface area contributed by atoms with Crippen LogP contribution in [-0.4, -0.2) is 24.4 Å². The molecule has 1 aromatic heterocycles. The molecule has 0 spiro atoms. The van der Waals surface area contributed by atoms with Gasteiger partial charge in [-0.2, -0.15) is 0 Å². The van der Waals surface area contributed by atoms with Crippen molar-refractivity contribution in [2.24, 2.45) is 5.92 Å². The van der Waals surface area contributed by atoms with Gasteiger partial charge in [-0.05, 0) is 42.5 Å². The van der Waals surface area contributed by atoms with E-state index >= 15 is 0 Å². The molecule has 2 aromatic rings. The Morgan fingerprint density at radius 1 is 1.21 bits per heavy atom. The lowest BCUT2D eigenvalue weighted by molar-refractivity contribution is -0.120. The minimum absolute atomic E-state index is 0.0615. The summed E-state index contributed by atoms with van der Waals surface area (Å²) < 4.78 is 5.13. The van der Waals surface area contributed by atoms with E-state index in [1.165, 1.54) is 11.8 Å². The highest BCUT2D eigenvalue weighted by Crippen LogP contribution is 2.28. The predicted molar refractivity (Wildman–Crippen MR) is 91.9 cm³/mol. The van der Waals surface area contributed by atoms with Gasteiger partial charge >= 0.3 is 0 Å². The van der Waals surface area contributed by atoms with E-state index in [2.05, 4.69) is 5.32 Å². The third kappa shape index (κ3) is 3.35. The minimum atomic E-state index is -0.561. The van der Waals surface area contributed by atoms with Gasteiger partial charge in [-0.25, -0.2) is 0 Å². The zero-order chi connectivity index (χ0) is 17.1. The molecule has 2 heterocycles. The second-order valence-electron chi connectivity index (χ2n) is 6.50. The fraction of sp³-hybridized carbons (Fsp3) is 0.368. The number of carbonyl (C=O) groups is 2. The number of nitrogens with one attached hydrogen (secondary N) is 1. The van der Waals surface area contributed by atoms with Crippen LogP contribution in [0.4, 0.5) is 5.69 Å². The maximum Gasteiger partial charge on any atom is 0.287 e. The van der Waals surface area contributed by atoms with Gasteiger partial charge in [-0.15, -0.1) is 0 Å². The summed E-state index contributed by atoms with van der Waals surface area (Å²) in [6, 6.07) is 10.6. The molecule has 0 unspecified atom stereocenters. The number of hydrogen-bond donors (Lipinski definition) is 1. The lowest BCUT2D eigenvalue weighted by Crippen LogP contribution is -2.48. The molecular weight excluding hydrogens is 304 g/mol. The molecule has 24 heavy (non-hydrogen) atoms. The van der Waals surface area contributed by atoms with Gasteiger partial charge in [-0.1, -0.05) is 32.0 Å². The number of hydrogen-bond acceptors (Lipinski definition) is 3. The summed E-state index contributed by atoms with van der Waals surface area (Å²) >= 11 is 0. The first-order valence-corrected chi connectivity index (χ1v) is 8.30. The smallest absolute Gasteiger partial charge is 0.287 e. The van der Waals surface area contributed by atoms with Crippen LogP contribution in [0, 0.1) is 5.92 Å². The first-order valence-electron chi connectivity index (χ1n) is 8.30. The Bertz CT molecular complexity index is 722. The van der Waals surface area contributed by atoms with Gasteiger partial charge in [0.1, 0.15) is 6.04 Å². The van der Waals surface area contributed by atoms with E-state index in [0.717, 1.165) is 12.1 Å². The summed E-state index contributed by atoms with van der Waals surface area (Å²) in [5.41, 5.74) is 2.12. The Morgan fingerprint density at radius 2 is 2.00 bits per heavy atom. The molecule has 1 aliphatic rings. The number of furan rings is 1. The lowest BCUT2D eigenvalue weighted by atomic mass is 10.0. The zero-order valence-electron chi connectivity index (χ0n) is 14.0. The number of anilines is 1. The molecule has 5 heteroatoms. The van der Waals surface area contributed by atoms with Crippen LogP contribution in [0.25, 0.3) is 0 Å². The maximum atomic E-state index is 13.0. The second-order valence-corrected chi connectivity index (χ2v) is 6.50. The van der Waals surface area contributed by atoms with Crippen molar-refractivity contribution < 1.29 is 14.0 Å². The van der Waals surface area contributed by atoms with E-state index in [4.69, 9.17) is 4.42 Å². The fourth-order valence-corrected chi connectivity index (χ4v) is 3.09. The van der Waals surface area contributed by atoms with Crippen molar-refractivity contribution in [2.75, 3.05) is 11.4 Å². The Kier molecular flexibility index (Phi) is 4.69. The van der Waals surface area contributed by atoms with Gasteiger partial charge in [0.15, 0.2) is 5.76 Å². The van der Waals surface area contributed by atoms with Gasteiger partial charge in [0, 0.05) is 12.2 Å². The number of nitrogens with zero attached hydrogens (tertiary/aromatic N) is 1. The molecule has 1 atom stereocenters. The van der Waals surface area contributed by atoms with Gasteiger partial charge in [0.25, 0.3) is 5.91 Å². The Morgan fingerprint density at radius 3 is 2.71 bits per heavy atom. The van der Waals surface area contributed by atoms with Gasteiger partial charge in [0.2, 0.25) is 5.91 Å². The molecule has 0 aliphatic carbocycles. The number of para-hydroxylation sites is 1. The number of benzene rings is 1. The molecule has 0 radical (unpaired) electrons. The SMILES string of the molecule is CC(C)C[C@@H](NC(=O)c1ccco1)C(=O)N1CCc2ccccc21. The molecule has 0 fully saturated rings. The van der Waals surface area contributed by atoms with Crippen LogP contribution in [-0.2, 0) is 11.2 Å². The Balaban J connectivity index is 1.78. The summed E-state index contributed by atoms with van der Waals surface area (Å²) in [5.74, 6) is 0.0899. The number of fused-ring (bicyclic) bond motifs is 1. The third-order valence-electron chi connectivity index (χ3n) is 4.21. The van der Waals surface area contributed by atoms with Gasteiger partial charge in [0.05, 0.1) is 6.26 Å². The molecule has 1 N–H and O–H groups in total. The van der Waals surface area contributed by atoms with Crippen LogP contribution >= 0.6 is 0 Å². The lowest BCUT2D eigenvalue weighted by Gasteiger charge is -2.25. The van der Waals surface area contributed by atoms with Crippen molar-refractivity contribution in [3.05, 3.63) is 54.0 Å². The first-order chi connectivity index (χ1) is 11.6. The summed E-state index contributed by atoms with van der Waals surface area (Å²) in [5, 5.41) is 2.83. The van der Waals surface area contributed by atoms with Gasteiger partial charge < -0.3 is 14.6 Å². The highest BCUT2D eigenvalue weighted by molar-refractivity contribution is 6.02. The molecule has 1 aliphatic heterocycles. The van der Waals surface area contributed by atoms with Crippen LogP contribution < -0.4 is 10.2 Å². The average Bonchev–Trinajstić information content (AvgIpc) is 3.22. The van der Waals surface area contributed by atoms with Crippen LogP contribution in [0.2, 0.25) is 0 Å². The van der Waals surface area contributed by atoms with E-state index in [1.807, 2.05) is 38.1 Å². The van der Waals surface area contributed by atoms with Crippen LogP contribution in [0.3, 0.4) is 0 Å². The van der Waals surface area contributed by atoms with Gasteiger partial charge in [-0.3, -0.25) is 9.59 Å². The summed E-state index contributed by atoms with van der Waals surface area (Å²) in [6.07, 6.45) is 2.89. The topological polar surface area (TPSA) is 62.6 Å². The van der Waals surface area contributed by atoms with Crippen molar-refractivity contribution in [3.8, 4) is 0 Å². The fourth-order valence-electron chi connectivity index (χ4n) is 3.09. The zero-order valence-corrected chi connectivity index (χ0v) is 14.0. The van der Waals surface area contributed by atoms with Crippen LogP contribution in [0.15, 0.2) is 47.1 Å². The van der Waals surface area contributed by atoms with E-state index in [-0.39, 0.29) is 23.5 Å². The highest BCUT2D eigenvalue weighted by Gasteiger charge is 2.31. The van der Waals surface area contributed by atoms with E-state index in [9.17, 15) is 9.59 Å². The molecule has 5 nitrogen and oxygen atoms in total. The van der Waals surface area contributed by atoms with Crippen molar-refractivity contribution >= 4 is 17.5 Å². The summed E-state index contributed by atoms with van der Waals surface area (Å²) in [6.45, 7) is 4.73. The number of carbonyl (C=O) groups excluding carboxylic acids is 2. The molecule has 126 valence electrons. The van der Waals surface area contributed by atoms with Crippen molar-refractivity contribution in [1.82, 2.24) is 5.32 Å². The molecule has 3 rings (SSSR count). The van der Waals surface area contributed by atoms with E-state index < -0.39 is 6.04 Å². The largest absolute Gasteiger partial charge is 0.459 e. The average molecular weight is 326 g/mol.